The highest BCUT2D eigenvalue weighted by Crippen LogP contribution is 2.55. The first-order valence-electron chi connectivity index (χ1n) is 10.2. The maximum Gasteiger partial charge on any atom is 0.402 e. The van der Waals surface area contributed by atoms with E-state index >= 15 is 0 Å². The fourth-order valence-corrected chi connectivity index (χ4v) is 5.07. The Kier molecular flexibility index (Phi) is 5.45. The second kappa shape index (κ2) is 8.00. The number of nitrogens with one attached hydrogen (secondary N) is 2. The first kappa shape index (κ1) is 22.5. The highest BCUT2D eigenvalue weighted by molar-refractivity contribution is 6.26. The van der Waals surface area contributed by atoms with E-state index in [0.29, 0.717) is 34.6 Å². The minimum Gasteiger partial charge on any atom is -0.465 e. The summed E-state index contributed by atoms with van der Waals surface area (Å²) in [5.41, 5.74) is 5.41. The van der Waals surface area contributed by atoms with Gasteiger partial charge in [0.15, 0.2) is 5.72 Å². The maximum absolute atomic E-state index is 13.5. The summed E-state index contributed by atoms with van der Waals surface area (Å²) in [6, 6.07) is 8.87. The lowest BCUT2D eigenvalue weighted by Gasteiger charge is -2.39. The van der Waals surface area contributed by atoms with Gasteiger partial charge >= 0.3 is 6.09 Å². The van der Waals surface area contributed by atoms with Gasteiger partial charge in [-0.15, -0.1) is 0 Å². The molecule has 3 aliphatic heterocycles. The van der Waals surface area contributed by atoms with E-state index in [0.717, 1.165) is 0 Å². The Labute approximate surface area is 189 Å². The van der Waals surface area contributed by atoms with Gasteiger partial charge in [-0.05, 0) is 31.2 Å². The van der Waals surface area contributed by atoms with Crippen molar-refractivity contribution in [2.24, 2.45) is 11.7 Å². The standard InChI is InChI=1S/C21H20N4O4.CH3NO2/c1-10-16(23-12-5-3-11(7-22)4-6-12)19(28)15-13(9-26)21(29-2)20-14(24-20)8-25(21)17(15)18(10)27;2-1(3)4/h3-6,13-14,20,23-24,26H,8-9H2,1-2H3;2H2,(H,3,4). The van der Waals surface area contributed by atoms with E-state index in [9.17, 15) is 14.7 Å². The summed E-state index contributed by atoms with van der Waals surface area (Å²) in [6.07, 6.45) is -1.33. The van der Waals surface area contributed by atoms with E-state index in [-0.39, 0.29) is 36.0 Å². The summed E-state index contributed by atoms with van der Waals surface area (Å²) in [5, 5.41) is 32.7. The largest absolute Gasteiger partial charge is 0.465 e. The predicted octanol–water partition coefficient (Wildman–Crippen LogP) is -0.106. The summed E-state index contributed by atoms with van der Waals surface area (Å²) < 4.78 is 5.87. The lowest BCUT2D eigenvalue weighted by molar-refractivity contribution is -0.137. The Morgan fingerprint density at radius 2 is 2.00 bits per heavy atom. The van der Waals surface area contributed by atoms with Crippen molar-refractivity contribution in [2.75, 3.05) is 25.6 Å². The molecule has 1 aliphatic carbocycles. The number of hydrogen-bond acceptors (Lipinski definition) is 9. The van der Waals surface area contributed by atoms with Crippen LogP contribution >= 0.6 is 0 Å². The molecule has 2 saturated heterocycles. The van der Waals surface area contributed by atoms with Crippen LogP contribution in [0.5, 0.6) is 0 Å². The van der Waals surface area contributed by atoms with Crippen LogP contribution in [0.1, 0.15) is 12.5 Å². The van der Waals surface area contributed by atoms with Crippen molar-refractivity contribution in [2.45, 2.75) is 24.7 Å². The number of nitrogens with two attached hydrogens (primary N) is 1. The highest BCUT2D eigenvalue weighted by atomic mass is 16.5. The molecular weight excluding hydrogens is 430 g/mol. The molecule has 4 aliphatic rings. The minimum atomic E-state index is -1.33. The number of hydrogen-bond donors (Lipinski definition) is 5. The SMILES string of the molecule is COC12C(CO)C3=C(C(=O)C(C)=C(Nc4ccc(C#N)cc4)C3=O)N1CC1NC12.NC(=O)O. The number of aliphatic hydroxyl groups excluding tert-OH is 1. The molecule has 0 spiro atoms. The molecular formula is C22H23N5O6. The second-order valence-electron chi connectivity index (χ2n) is 8.13. The lowest BCUT2D eigenvalue weighted by Crippen LogP contribution is -2.54. The molecule has 0 saturated carbocycles. The molecule has 0 radical (unpaired) electrons. The first-order chi connectivity index (χ1) is 15.7. The molecule has 5 rings (SSSR count). The summed E-state index contributed by atoms with van der Waals surface area (Å²) in [4.78, 5) is 37.4. The van der Waals surface area contributed by atoms with Crippen molar-refractivity contribution in [1.29, 1.82) is 5.26 Å². The normalized spacial score (nSPS) is 29.0. The van der Waals surface area contributed by atoms with Crippen LogP contribution in [0, 0.1) is 17.2 Å². The third-order valence-electron chi connectivity index (χ3n) is 6.50. The summed E-state index contributed by atoms with van der Waals surface area (Å²) in [7, 11) is 1.56. The number of amides is 1. The number of carbonyl (C=O) groups excluding carboxylic acids is 2. The zero-order valence-electron chi connectivity index (χ0n) is 18.0. The lowest BCUT2D eigenvalue weighted by atomic mass is 9.82. The molecule has 4 unspecified atom stereocenters. The number of anilines is 1. The van der Waals surface area contributed by atoms with Gasteiger partial charge in [0, 0.05) is 36.5 Å². The van der Waals surface area contributed by atoms with Gasteiger partial charge in [-0.3, -0.25) is 9.59 Å². The molecule has 3 heterocycles. The minimum absolute atomic E-state index is 0.0221. The Hall–Kier alpha value is -3.72. The number of benzene rings is 1. The zero-order chi connectivity index (χ0) is 24.1. The number of ether oxygens (including phenoxy) is 1. The van der Waals surface area contributed by atoms with E-state index < -0.39 is 17.7 Å². The van der Waals surface area contributed by atoms with Crippen LogP contribution in [0.15, 0.2) is 46.8 Å². The molecule has 1 aromatic rings. The fourth-order valence-electron chi connectivity index (χ4n) is 5.07. The number of carbonyl (C=O) groups is 3. The van der Waals surface area contributed by atoms with Crippen molar-refractivity contribution in [1.82, 2.24) is 10.2 Å². The van der Waals surface area contributed by atoms with E-state index in [1.54, 1.807) is 38.3 Å². The second-order valence-corrected chi connectivity index (χ2v) is 8.13. The number of Topliss-reactive ketones (excluding diaryl/α,β-unsaturated/α-hetero) is 2. The molecule has 2 fully saturated rings. The van der Waals surface area contributed by atoms with E-state index in [1.807, 2.05) is 11.0 Å². The van der Waals surface area contributed by atoms with Crippen molar-refractivity contribution in [3.05, 3.63) is 52.4 Å². The van der Waals surface area contributed by atoms with Crippen molar-refractivity contribution >= 4 is 23.3 Å². The molecule has 0 aromatic heterocycles. The Morgan fingerprint density at radius 1 is 1.36 bits per heavy atom. The molecule has 33 heavy (non-hydrogen) atoms. The van der Waals surface area contributed by atoms with E-state index in [2.05, 4.69) is 16.4 Å². The summed E-state index contributed by atoms with van der Waals surface area (Å²) in [6.45, 7) is 1.90. The Bertz CT molecular complexity index is 1150. The first-order valence-corrected chi connectivity index (χ1v) is 10.2. The van der Waals surface area contributed by atoms with Gasteiger partial charge in [-0.1, -0.05) is 0 Å². The Morgan fingerprint density at radius 3 is 2.55 bits per heavy atom. The number of piperazine rings is 1. The number of nitriles is 1. The molecule has 1 aromatic carbocycles. The molecule has 6 N–H and O–H groups in total. The topological polar surface area (TPSA) is 188 Å². The number of nitrogens with zero attached hydrogens (tertiary/aromatic N) is 2. The van der Waals surface area contributed by atoms with Gasteiger partial charge in [0.1, 0.15) is 0 Å². The molecule has 172 valence electrons. The van der Waals surface area contributed by atoms with Crippen LogP contribution in [0.25, 0.3) is 0 Å². The third kappa shape index (κ3) is 3.27. The molecule has 0 bridgehead atoms. The van der Waals surface area contributed by atoms with Crippen molar-refractivity contribution in [3.63, 3.8) is 0 Å². The summed E-state index contributed by atoms with van der Waals surface area (Å²) in [5.74, 6) is -1.15. The highest BCUT2D eigenvalue weighted by Gasteiger charge is 2.72. The number of allylic oxidation sites excluding steroid dienone is 2. The number of primary amides is 1. The Balaban J connectivity index is 0.000000601. The molecule has 11 heteroatoms. The quantitative estimate of drug-likeness (QED) is 0.304. The summed E-state index contributed by atoms with van der Waals surface area (Å²) >= 11 is 0. The van der Waals surface area contributed by atoms with Crippen LogP contribution in [-0.2, 0) is 14.3 Å². The monoisotopic (exact) mass is 453 g/mol. The average molecular weight is 453 g/mol. The van der Waals surface area contributed by atoms with Gasteiger partial charge in [-0.2, -0.15) is 5.26 Å². The van der Waals surface area contributed by atoms with Crippen LogP contribution in [0.4, 0.5) is 10.5 Å². The number of carboxylic acid groups (broad SMARTS) is 1. The van der Waals surface area contributed by atoms with Crippen LogP contribution in [0.3, 0.4) is 0 Å². The van der Waals surface area contributed by atoms with Gasteiger partial charge in [0.2, 0.25) is 11.6 Å². The number of rotatable bonds is 4. The van der Waals surface area contributed by atoms with Crippen molar-refractivity contribution < 1.29 is 29.3 Å². The average Bonchev–Trinajstić information content (AvgIpc) is 3.40. The van der Waals surface area contributed by atoms with E-state index in [1.165, 1.54) is 0 Å². The van der Waals surface area contributed by atoms with Gasteiger partial charge in [-0.25, -0.2) is 4.79 Å². The van der Waals surface area contributed by atoms with Crippen LogP contribution in [-0.4, -0.2) is 70.8 Å². The number of fused-ring (bicyclic) bond motifs is 4. The molecule has 1 amide bonds. The van der Waals surface area contributed by atoms with Crippen LogP contribution in [0.2, 0.25) is 0 Å². The molecule has 11 nitrogen and oxygen atoms in total. The zero-order valence-corrected chi connectivity index (χ0v) is 18.0. The van der Waals surface area contributed by atoms with Crippen LogP contribution < -0.4 is 16.4 Å². The predicted molar refractivity (Wildman–Crippen MR) is 114 cm³/mol. The maximum atomic E-state index is 13.5. The fraction of sp³-hybridized carbons (Fsp3) is 0.364. The van der Waals surface area contributed by atoms with Gasteiger partial charge in [0.25, 0.3) is 0 Å². The number of methoxy groups -OCH3 is 1. The van der Waals surface area contributed by atoms with Gasteiger partial charge < -0.3 is 36.2 Å². The number of ketones is 2. The molecule has 4 atom stereocenters. The van der Waals surface area contributed by atoms with Crippen molar-refractivity contribution in [3.8, 4) is 6.07 Å². The van der Waals surface area contributed by atoms with Gasteiger partial charge in [0.05, 0.1) is 41.6 Å². The van der Waals surface area contributed by atoms with E-state index in [4.69, 9.17) is 19.9 Å². The third-order valence-corrected chi connectivity index (χ3v) is 6.50. The number of aliphatic hydroxyl groups is 1. The smallest absolute Gasteiger partial charge is 0.402 e.